The molecular weight excluding hydrogens is 164 g/mol. The second-order valence-corrected chi connectivity index (χ2v) is 3.66. The lowest BCUT2D eigenvalue weighted by atomic mass is 10.1. The van der Waals surface area contributed by atoms with Gasteiger partial charge in [0.05, 0.1) is 5.56 Å². The van der Waals surface area contributed by atoms with Gasteiger partial charge in [-0.2, -0.15) is 0 Å². The number of rotatable bonds is 3. The molecule has 1 N–H and O–H groups in total. The van der Waals surface area contributed by atoms with Crippen molar-refractivity contribution in [3.8, 4) is 5.75 Å². The van der Waals surface area contributed by atoms with Crippen molar-refractivity contribution >= 4 is 6.29 Å². The summed E-state index contributed by atoms with van der Waals surface area (Å²) < 4.78 is 0. The van der Waals surface area contributed by atoms with Crippen LogP contribution in [0.3, 0.4) is 0 Å². The molecule has 13 heavy (non-hydrogen) atoms. The van der Waals surface area contributed by atoms with Gasteiger partial charge in [0.2, 0.25) is 0 Å². The van der Waals surface area contributed by atoms with Crippen LogP contribution < -0.4 is 0 Å². The molecule has 1 aliphatic rings. The number of aldehydes is 1. The van der Waals surface area contributed by atoms with E-state index < -0.39 is 0 Å². The van der Waals surface area contributed by atoms with Gasteiger partial charge in [0, 0.05) is 0 Å². The van der Waals surface area contributed by atoms with Crippen LogP contribution in [0.4, 0.5) is 0 Å². The Hall–Kier alpha value is -1.31. The Bertz CT molecular complexity index is 327. The fourth-order valence-corrected chi connectivity index (χ4v) is 1.48. The van der Waals surface area contributed by atoms with Crippen LogP contribution in [0.5, 0.6) is 5.75 Å². The fourth-order valence-electron chi connectivity index (χ4n) is 1.48. The monoisotopic (exact) mass is 176 g/mol. The summed E-state index contributed by atoms with van der Waals surface area (Å²) >= 11 is 0. The minimum absolute atomic E-state index is 0.0783. The van der Waals surface area contributed by atoms with Crippen LogP contribution in [0, 0.1) is 5.92 Å². The zero-order valence-corrected chi connectivity index (χ0v) is 7.36. The Morgan fingerprint density at radius 2 is 2.23 bits per heavy atom. The van der Waals surface area contributed by atoms with Crippen LogP contribution in [0.15, 0.2) is 18.2 Å². The quantitative estimate of drug-likeness (QED) is 0.716. The van der Waals surface area contributed by atoms with E-state index in [-0.39, 0.29) is 5.75 Å². The van der Waals surface area contributed by atoms with Crippen molar-refractivity contribution in [3.05, 3.63) is 29.3 Å². The maximum absolute atomic E-state index is 10.5. The van der Waals surface area contributed by atoms with E-state index in [1.807, 2.05) is 6.07 Å². The number of benzene rings is 1. The zero-order valence-electron chi connectivity index (χ0n) is 7.36. The first-order valence-corrected chi connectivity index (χ1v) is 4.56. The van der Waals surface area contributed by atoms with E-state index in [1.165, 1.54) is 12.8 Å². The van der Waals surface area contributed by atoms with E-state index in [2.05, 4.69) is 0 Å². The molecule has 2 heteroatoms. The third kappa shape index (κ3) is 1.89. The summed E-state index contributed by atoms with van der Waals surface area (Å²) in [5.74, 6) is 0.888. The summed E-state index contributed by atoms with van der Waals surface area (Å²) in [4.78, 5) is 10.5. The number of aromatic hydroxyl groups is 1. The van der Waals surface area contributed by atoms with E-state index in [4.69, 9.17) is 0 Å². The molecule has 1 aromatic rings. The standard InChI is InChI=1S/C11H12O2/c12-7-10-6-9(3-4-11(10)13)5-8-1-2-8/h3-4,6-8,13H,1-2,5H2. The Kier molecular flexibility index (Phi) is 2.05. The maximum atomic E-state index is 10.5. The Morgan fingerprint density at radius 1 is 1.46 bits per heavy atom. The van der Waals surface area contributed by atoms with Crippen molar-refractivity contribution in [1.82, 2.24) is 0 Å². The van der Waals surface area contributed by atoms with Gasteiger partial charge in [-0.1, -0.05) is 6.07 Å². The van der Waals surface area contributed by atoms with Gasteiger partial charge in [-0.15, -0.1) is 0 Å². The van der Waals surface area contributed by atoms with E-state index in [0.717, 1.165) is 17.9 Å². The highest BCUT2D eigenvalue weighted by Gasteiger charge is 2.21. The first kappa shape index (κ1) is 8.30. The summed E-state index contributed by atoms with van der Waals surface area (Å²) in [6.07, 6.45) is 4.35. The maximum Gasteiger partial charge on any atom is 0.153 e. The Balaban J connectivity index is 2.20. The molecule has 1 aliphatic carbocycles. The minimum atomic E-state index is 0.0783. The first-order chi connectivity index (χ1) is 6.29. The lowest BCUT2D eigenvalue weighted by Gasteiger charge is -2.01. The first-order valence-electron chi connectivity index (χ1n) is 4.56. The molecule has 1 aromatic carbocycles. The SMILES string of the molecule is O=Cc1cc(CC2CC2)ccc1O. The van der Waals surface area contributed by atoms with Crippen molar-refractivity contribution in [3.63, 3.8) is 0 Å². The Labute approximate surface area is 77.2 Å². The van der Waals surface area contributed by atoms with Crippen molar-refractivity contribution in [2.24, 2.45) is 5.92 Å². The van der Waals surface area contributed by atoms with E-state index in [0.29, 0.717) is 11.8 Å². The lowest BCUT2D eigenvalue weighted by molar-refractivity contribution is 0.112. The van der Waals surface area contributed by atoms with Gasteiger partial charge in [-0.25, -0.2) is 0 Å². The smallest absolute Gasteiger partial charge is 0.153 e. The number of phenolic OH excluding ortho intramolecular Hbond substituents is 1. The molecule has 0 aliphatic heterocycles. The molecule has 68 valence electrons. The second-order valence-electron chi connectivity index (χ2n) is 3.66. The van der Waals surface area contributed by atoms with Crippen LogP contribution >= 0.6 is 0 Å². The van der Waals surface area contributed by atoms with Crippen molar-refractivity contribution in [1.29, 1.82) is 0 Å². The number of hydrogen-bond acceptors (Lipinski definition) is 2. The highest BCUT2D eigenvalue weighted by molar-refractivity contribution is 5.79. The zero-order chi connectivity index (χ0) is 9.26. The topological polar surface area (TPSA) is 37.3 Å². The average molecular weight is 176 g/mol. The molecule has 0 saturated heterocycles. The molecular formula is C11H12O2. The van der Waals surface area contributed by atoms with Crippen LogP contribution in [0.2, 0.25) is 0 Å². The van der Waals surface area contributed by atoms with E-state index >= 15 is 0 Å². The lowest BCUT2D eigenvalue weighted by Crippen LogP contribution is -1.89. The van der Waals surface area contributed by atoms with Gasteiger partial charge < -0.3 is 5.11 Å². The number of hydrogen-bond donors (Lipinski definition) is 1. The molecule has 2 rings (SSSR count). The second kappa shape index (κ2) is 3.21. The molecule has 0 heterocycles. The van der Waals surface area contributed by atoms with Crippen LogP contribution in [-0.4, -0.2) is 11.4 Å². The molecule has 0 bridgehead atoms. The molecule has 0 unspecified atom stereocenters. The predicted octanol–water partition coefficient (Wildman–Crippen LogP) is 2.16. The largest absolute Gasteiger partial charge is 0.507 e. The van der Waals surface area contributed by atoms with E-state index in [1.54, 1.807) is 12.1 Å². The highest BCUT2D eigenvalue weighted by Crippen LogP contribution is 2.33. The van der Waals surface area contributed by atoms with Crippen LogP contribution in [0.1, 0.15) is 28.8 Å². The summed E-state index contributed by atoms with van der Waals surface area (Å²) in [6, 6.07) is 5.27. The van der Waals surface area contributed by atoms with Gasteiger partial charge in [-0.3, -0.25) is 4.79 Å². The summed E-state index contributed by atoms with van der Waals surface area (Å²) in [5.41, 5.74) is 1.56. The molecule has 1 fully saturated rings. The predicted molar refractivity (Wildman–Crippen MR) is 49.9 cm³/mol. The average Bonchev–Trinajstić information content (AvgIpc) is 2.92. The molecule has 0 spiro atoms. The van der Waals surface area contributed by atoms with Crippen molar-refractivity contribution < 1.29 is 9.90 Å². The van der Waals surface area contributed by atoms with Gasteiger partial charge in [0.15, 0.2) is 6.29 Å². The molecule has 0 amide bonds. The minimum Gasteiger partial charge on any atom is -0.507 e. The van der Waals surface area contributed by atoms with Crippen molar-refractivity contribution in [2.75, 3.05) is 0 Å². The summed E-state index contributed by atoms with van der Waals surface area (Å²) in [7, 11) is 0. The Morgan fingerprint density at radius 3 is 2.85 bits per heavy atom. The molecule has 0 radical (unpaired) electrons. The van der Waals surface area contributed by atoms with Gasteiger partial charge in [0.1, 0.15) is 5.75 Å². The van der Waals surface area contributed by atoms with E-state index in [9.17, 15) is 9.90 Å². The normalized spacial score (nSPS) is 15.7. The van der Waals surface area contributed by atoms with Gasteiger partial charge >= 0.3 is 0 Å². The molecule has 1 saturated carbocycles. The summed E-state index contributed by atoms with van der Waals surface area (Å²) in [5, 5.41) is 9.25. The van der Waals surface area contributed by atoms with Crippen LogP contribution in [-0.2, 0) is 6.42 Å². The number of carbonyl (C=O) groups excluding carboxylic acids is 1. The molecule has 0 aromatic heterocycles. The molecule has 2 nitrogen and oxygen atoms in total. The highest BCUT2D eigenvalue weighted by atomic mass is 16.3. The molecule has 0 atom stereocenters. The summed E-state index contributed by atoms with van der Waals surface area (Å²) in [6.45, 7) is 0. The number of phenols is 1. The van der Waals surface area contributed by atoms with Crippen LogP contribution in [0.25, 0.3) is 0 Å². The van der Waals surface area contributed by atoms with Gasteiger partial charge in [-0.05, 0) is 42.9 Å². The van der Waals surface area contributed by atoms with Crippen molar-refractivity contribution in [2.45, 2.75) is 19.3 Å². The van der Waals surface area contributed by atoms with Gasteiger partial charge in [0.25, 0.3) is 0 Å². The third-order valence-corrected chi connectivity index (χ3v) is 2.44. The number of carbonyl (C=O) groups is 1. The third-order valence-electron chi connectivity index (χ3n) is 2.44. The fraction of sp³-hybridized carbons (Fsp3) is 0.364.